The van der Waals surface area contributed by atoms with E-state index in [0.29, 0.717) is 25.2 Å². The van der Waals surface area contributed by atoms with Gasteiger partial charge in [-0.2, -0.15) is 0 Å². The van der Waals surface area contributed by atoms with E-state index < -0.39 is 0 Å². The first-order valence-corrected chi connectivity index (χ1v) is 8.60. The summed E-state index contributed by atoms with van der Waals surface area (Å²) < 4.78 is 0. The van der Waals surface area contributed by atoms with E-state index in [1.807, 2.05) is 43.5 Å². The fourth-order valence-corrected chi connectivity index (χ4v) is 2.98. The highest BCUT2D eigenvalue weighted by atomic mass is 15.4. The number of aromatic nitrogens is 3. The molecular weight excluding hydrogens is 326 g/mol. The summed E-state index contributed by atoms with van der Waals surface area (Å²) in [4.78, 5) is 20.3. The van der Waals surface area contributed by atoms with E-state index in [9.17, 15) is 0 Å². The van der Waals surface area contributed by atoms with Crippen LogP contribution >= 0.6 is 0 Å². The van der Waals surface area contributed by atoms with Crippen molar-refractivity contribution in [3.63, 3.8) is 0 Å². The predicted octanol–water partition coefficient (Wildman–Crippen LogP) is 2.43. The summed E-state index contributed by atoms with van der Waals surface area (Å²) in [5, 5.41) is 7.56. The van der Waals surface area contributed by atoms with Crippen LogP contribution in [0.2, 0.25) is 0 Å². The van der Waals surface area contributed by atoms with E-state index in [2.05, 4.69) is 48.5 Å². The van der Waals surface area contributed by atoms with Crippen LogP contribution in [0.15, 0.2) is 47.6 Å². The van der Waals surface area contributed by atoms with E-state index in [-0.39, 0.29) is 0 Å². The second kappa shape index (κ2) is 7.05. The van der Waals surface area contributed by atoms with Crippen LogP contribution in [0, 0.1) is 13.8 Å². The highest BCUT2D eigenvalue weighted by Crippen LogP contribution is 2.20. The normalized spacial score (nSPS) is 14.8. The third-order valence-electron chi connectivity index (χ3n) is 4.36. The molecule has 7 heteroatoms. The molecular formula is C19H21N7. The van der Waals surface area contributed by atoms with Crippen LogP contribution in [0.25, 0.3) is 10.9 Å². The molecule has 0 aliphatic carbocycles. The highest BCUT2D eigenvalue weighted by Gasteiger charge is 2.14. The maximum absolute atomic E-state index is 4.65. The van der Waals surface area contributed by atoms with E-state index in [1.54, 1.807) is 0 Å². The largest absolute Gasteiger partial charge is 0.343 e. The molecule has 4 rings (SSSR count). The van der Waals surface area contributed by atoms with Gasteiger partial charge in [0.25, 0.3) is 0 Å². The molecule has 0 radical (unpaired) electrons. The number of aryl methyl sites for hydroxylation is 2. The number of nitrogens with zero attached hydrogens (tertiary/aromatic N) is 5. The molecule has 0 fully saturated rings. The number of hydrogen-bond donors (Lipinski definition) is 2. The SMILES string of the molecule is Cc1nc(NC2=NCN(Cc3ccccn3)CN2)nc2c(C)cccc12. The van der Waals surface area contributed by atoms with Gasteiger partial charge in [0.2, 0.25) is 11.9 Å². The molecule has 1 aromatic carbocycles. The number of hydrogen-bond acceptors (Lipinski definition) is 7. The second-order valence-corrected chi connectivity index (χ2v) is 6.36. The Labute approximate surface area is 152 Å². The van der Waals surface area contributed by atoms with E-state index >= 15 is 0 Å². The lowest BCUT2D eigenvalue weighted by Crippen LogP contribution is -2.45. The number of para-hydroxylation sites is 1. The molecule has 3 aromatic rings. The summed E-state index contributed by atoms with van der Waals surface area (Å²) in [6, 6.07) is 12.1. The van der Waals surface area contributed by atoms with Crippen molar-refractivity contribution < 1.29 is 0 Å². The van der Waals surface area contributed by atoms with Gasteiger partial charge in [0, 0.05) is 18.1 Å². The molecule has 2 aromatic heterocycles. The van der Waals surface area contributed by atoms with Crippen molar-refractivity contribution in [1.29, 1.82) is 0 Å². The first-order valence-electron chi connectivity index (χ1n) is 8.60. The molecule has 0 unspecified atom stereocenters. The van der Waals surface area contributed by atoms with Gasteiger partial charge in [-0.05, 0) is 31.5 Å². The third kappa shape index (κ3) is 3.48. The topological polar surface area (TPSA) is 78.3 Å². The van der Waals surface area contributed by atoms with Crippen LogP contribution in [-0.4, -0.2) is 39.1 Å². The molecule has 3 heterocycles. The summed E-state index contributed by atoms with van der Waals surface area (Å²) in [5.41, 5.74) is 4.09. The van der Waals surface area contributed by atoms with Crippen molar-refractivity contribution in [2.45, 2.75) is 20.4 Å². The lowest BCUT2D eigenvalue weighted by Gasteiger charge is -2.26. The third-order valence-corrected chi connectivity index (χ3v) is 4.36. The maximum Gasteiger partial charge on any atom is 0.230 e. The van der Waals surface area contributed by atoms with Gasteiger partial charge in [0.1, 0.15) is 0 Å². The number of benzene rings is 1. The van der Waals surface area contributed by atoms with Crippen LogP contribution in [0.4, 0.5) is 5.95 Å². The lowest BCUT2D eigenvalue weighted by molar-refractivity contribution is 0.254. The smallest absolute Gasteiger partial charge is 0.230 e. The van der Waals surface area contributed by atoms with E-state index in [4.69, 9.17) is 0 Å². The fraction of sp³-hybridized carbons (Fsp3) is 0.263. The zero-order valence-electron chi connectivity index (χ0n) is 14.9. The molecule has 2 N–H and O–H groups in total. The Bertz CT molecular complexity index is 953. The quantitative estimate of drug-likeness (QED) is 0.758. The molecule has 0 spiro atoms. The molecule has 7 nitrogen and oxygen atoms in total. The van der Waals surface area contributed by atoms with Crippen LogP contribution in [0.3, 0.4) is 0 Å². The summed E-state index contributed by atoms with van der Waals surface area (Å²) in [6.07, 6.45) is 1.81. The minimum absolute atomic E-state index is 0.564. The predicted molar refractivity (Wildman–Crippen MR) is 103 cm³/mol. The molecule has 0 saturated heterocycles. The zero-order chi connectivity index (χ0) is 17.9. The zero-order valence-corrected chi connectivity index (χ0v) is 14.9. The summed E-state index contributed by atoms with van der Waals surface area (Å²) >= 11 is 0. The summed E-state index contributed by atoms with van der Waals surface area (Å²) in [5.74, 6) is 1.25. The van der Waals surface area contributed by atoms with Gasteiger partial charge in [-0.1, -0.05) is 24.3 Å². The summed E-state index contributed by atoms with van der Waals surface area (Å²) in [6.45, 7) is 6.10. The maximum atomic E-state index is 4.65. The van der Waals surface area contributed by atoms with Gasteiger partial charge in [0.15, 0.2) is 0 Å². The number of guanidine groups is 1. The number of anilines is 1. The number of pyridine rings is 1. The Hall–Kier alpha value is -3.06. The first-order chi connectivity index (χ1) is 12.7. The van der Waals surface area contributed by atoms with Crippen molar-refractivity contribution in [2.24, 2.45) is 4.99 Å². The molecule has 0 bridgehead atoms. The minimum atomic E-state index is 0.564. The molecule has 132 valence electrons. The molecule has 0 saturated carbocycles. The van der Waals surface area contributed by atoms with Gasteiger partial charge < -0.3 is 5.32 Å². The van der Waals surface area contributed by atoms with Gasteiger partial charge >= 0.3 is 0 Å². The van der Waals surface area contributed by atoms with Gasteiger partial charge in [-0.15, -0.1) is 0 Å². The fourth-order valence-electron chi connectivity index (χ4n) is 2.98. The molecule has 0 amide bonds. The van der Waals surface area contributed by atoms with Crippen molar-refractivity contribution in [1.82, 2.24) is 25.2 Å². The highest BCUT2D eigenvalue weighted by molar-refractivity contribution is 5.93. The number of fused-ring (bicyclic) bond motifs is 1. The van der Waals surface area contributed by atoms with E-state index in [1.165, 1.54) is 0 Å². The average molecular weight is 347 g/mol. The molecule has 1 aliphatic rings. The first kappa shape index (κ1) is 16.4. The Morgan fingerprint density at radius 1 is 1.12 bits per heavy atom. The van der Waals surface area contributed by atoms with Crippen LogP contribution in [0.1, 0.15) is 17.0 Å². The van der Waals surface area contributed by atoms with Crippen molar-refractivity contribution in [3.05, 3.63) is 59.5 Å². The van der Waals surface area contributed by atoms with Crippen LogP contribution in [0.5, 0.6) is 0 Å². The van der Waals surface area contributed by atoms with E-state index in [0.717, 1.165) is 34.4 Å². The number of nitrogens with one attached hydrogen (secondary N) is 2. The molecule has 0 atom stereocenters. The number of rotatable bonds is 3. The Balaban J connectivity index is 1.47. The lowest BCUT2D eigenvalue weighted by atomic mass is 10.1. The van der Waals surface area contributed by atoms with Gasteiger partial charge in [-0.25, -0.2) is 15.0 Å². The number of aliphatic imine (C=N–C) groups is 1. The Morgan fingerprint density at radius 3 is 2.81 bits per heavy atom. The van der Waals surface area contributed by atoms with Crippen molar-refractivity contribution in [2.75, 3.05) is 18.7 Å². The average Bonchev–Trinajstić information content (AvgIpc) is 2.65. The Morgan fingerprint density at radius 2 is 2.04 bits per heavy atom. The standard InChI is InChI=1S/C19H21N7/c1-13-6-5-8-16-14(2)23-19(24-17(13)16)25-18-21-11-26(12-22-18)10-15-7-3-4-9-20-15/h3-9H,10-12H2,1-2H3,(H2,21,22,23,24,25). The van der Waals surface area contributed by atoms with Crippen LogP contribution < -0.4 is 10.6 Å². The van der Waals surface area contributed by atoms with Crippen molar-refractivity contribution in [3.8, 4) is 0 Å². The monoisotopic (exact) mass is 347 g/mol. The Kier molecular flexibility index (Phi) is 4.45. The van der Waals surface area contributed by atoms with Crippen molar-refractivity contribution >= 4 is 22.8 Å². The molecule has 1 aliphatic heterocycles. The summed E-state index contributed by atoms with van der Waals surface area (Å²) in [7, 11) is 0. The van der Waals surface area contributed by atoms with Crippen LogP contribution in [-0.2, 0) is 6.54 Å². The van der Waals surface area contributed by atoms with Gasteiger partial charge in [0.05, 0.1) is 30.2 Å². The second-order valence-electron chi connectivity index (χ2n) is 6.36. The minimum Gasteiger partial charge on any atom is -0.343 e. The van der Waals surface area contributed by atoms with Gasteiger partial charge in [-0.3, -0.25) is 15.2 Å². The molecule has 26 heavy (non-hydrogen) atoms.